The highest BCUT2D eigenvalue weighted by molar-refractivity contribution is 6.31. The van der Waals surface area contributed by atoms with Crippen molar-refractivity contribution in [2.24, 2.45) is 0 Å². The third-order valence-electron chi connectivity index (χ3n) is 3.13. The van der Waals surface area contributed by atoms with Gasteiger partial charge in [-0.15, -0.1) is 0 Å². The van der Waals surface area contributed by atoms with Crippen molar-refractivity contribution in [2.45, 2.75) is 13.8 Å². The smallest absolute Gasteiger partial charge is 0.262 e. The summed E-state index contributed by atoms with van der Waals surface area (Å²) >= 11 is 5.97. The van der Waals surface area contributed by atoms with Crippen LogP contribution in [0.1, 0.15) is 12.5 Å². The summed E-state index contributed by atoms with van der Waals surface area (Å²) in [5, 5.41) is 3.45. The molecule has 0 saturated heterocycles. The highest BCUT2D eigenvalue weighted by Gasteiger charge is 2.09. The van der Waals surface area contributed by atoms with Gasteiger partial charge in [0, 0.05) is 5.02 Å². The minimum atomic E-state index is -0.269. The van der Waals surface area contributed by atoms with Crippen LogP contribution in [0.3, 0.4) is 0 Å². The molecular weight excluding hydrogens is 326 g/mol. The van der Waals surface area contributed by atoms with Crippen molar-refractivity contribution >= 4 is 23.2 Å². The Morgan fingerprint density at radius 1 is 1.17 bits per heavy atom. The van der Waals surface area contributed by atoms with Crippen LogP contribution in [-0.4, -0.2) is 19.1 Å². The molecule has 0 aliphatic heterocycles. The van der Waals surface area contributed by atoms with Gasteiger partial charge in [-0.05, 0) is 55.3 Å². The maximum atomic E-state index is 12.1. The topological polar surface area (TPSA) is 47.6 Å². The first-order valence-electron chi connectivity index (χ1n) is 7.50. The van der Waals surface area contributed by atoms with Crippen LogP contribution in [0.15, 0.2) is 54.6 Å². The van der Waals surface area contributed by atoms with Crippen molar-refractivity contribution in [1.82, 2.24) is 0 Å². The minimum absolute atomic E-state index is 0.101. The lowest BCUT2D eigenvalue weighted by molar-refractivity contribution is -0.118. The summed E-state index contributed by atoms with van der Waals surface area (Å²) in [6.45, 7) is 7.85. The molecule has 0 heterocycles. The molecule has 24 heavy (non-hydrogen) atoms. The molecule has 2 aromatic rings. The Kier molecular flexibility index (Phi) is 6.27. The second-order valence-corrected chi connectivity index (χ2v) is 5.90. The molecule has 5 heteroatoms. The molecule has 0 bridgehead atoms. The van der Waals surface area contributed by atoms with E-state index in [9.17, 15) is 4.79 Å². The van der Waals surface area contributed by atoms with Crippen molar-refractivity contribution in [3.8, 4) is 11.5 Å². The molecule has 2 aromatic carbocycles. The minimum Gasteiger partial charge on any atom is -0.487 e. The van der Waals surface area contributed by atoms with Gasteiger partial charge in [-0.1, -0.05) is 30.3 Å². The Hall–Kier alpha value is -2.46. The Labute approximate surface area is 147 Å². The van der Waals surface area contributed by atoms with Crippen LogP contribution in [0.4, 0.5) is 5.69 Å². The van der Waals surface area contributed by atoms with Crippen LogP contribution < -0.4 is 14.8 Å². The van der Waals surface area contributed by atoms with E-state index in [0.29, 0.717) is 28.8 Å². The van der Waals surface area contributed by atoms with Crippen LogP contribution >= 0.6 is 11.6 Å². The monoisotopic (exact) mass is 345 g/mol. The Morgan fingerprint density at radius 2 is 1.92 bits per heavy atom. The molecular formula is C19H20ClNO3. The van der Waals surface area contributed by atoms with Gasteiger partial charge in [0.1, 0.15) is 18.1 Å². The lowest BCUT2D eigenvalue weighted by Gasteiger charge is -2.13. The summed E-state index contributed by atoms with van der Waals surface area (Å²) in [5.74, 6) is 0.920. The van der Waals surface area contributed by atoms with E-state index in [-0.39, 0.29) is 12.5 Å². The van der Waals surface area contributed by atoms with Crippen molar-refractivity contribution in [1.29, 1.82) is 0 Å². The van der Waals surface area contributed by atoms with Gasteiger partial charge in [-0.25, -0.2) is 0 Å². The third kappa shape index (κ3) is 5.32. The summed E-state index contributed by atoms with van der Waals surface area (Å²) < 4.78 is 11.1. The second kappa shape index (κ2) is 8.41. The number of para-hydroxylation sites is 2. The van der Waals surface area contributed by atoms with Gasteiger partial charge in [0.05, 0.1) is 5.69 Å². The van der Waals surface area contributed by atoms with Crippen LogP contribution in [0, 0.1) is 6.92 Å². The van der Waals surface area contributed by atoms with Gasteiger partial charge >= 0.3 is 0 Å². The molecule has 0 aromatic heterocycles. The number of nitrogens with one attached hydrogen (secondary N) is 1. The Bertz CT molecular complexity index is 743. The van der Waals surface area contributed by atoms with E-state index in [1.807, 2.05) is 26.0 Å². The van der Waals surface area contributed by atoms with E-state index in [2.05, 4.69) is 11.9 Å². The summed E-state index contributed by atoms with van der Waals surface area (Å²) in [6, 6.07) is 12.5. The van der Waals surface area contributed by atoms with E-state index in [1.54, 1.807) is 30.3 Å². The quantitative estimate of drug-likeness (QED) is 0.745. The van der Waals surface area contributed by atoms with Crippen molar-refractivity contribution < 1.29 is 14.3 Å². The number of amides is 1. The van der Waals surface area contributed by atoms with Crippen LogP contribution in [-0.2, 0) is 4.79 Å². The number of hydrogen-bond donors (Lipinski definition) is 1. The second-order valence-electron chi connectivity index (χ2n) is 5.49. The molecule has 0 fully saturated rings. The lowest BCUT2D eigenvalue weighted by Crippen LogP contribution is -2.20. The van der Waals surface area contributed by atoms with Gasteiger partial charge in [0.25, 0.3) is 5.91 Å². The first-order valence-corrected chi connectivity index (χ1v) is 7.88. The average Bonchev–Trinajstić information content (AvgIpc) is 2.55. The molecule has 0 atom stereocenters. The highest BCUT2D eigenvalue weighted by atomic mass is 35.5. The molecule has 126 valence electrons. The first kappa shape index (κ1) is 17.9. The number of anilines is 1. The zero-order chi connectivity index (χ0) is 17.5. The summed E-state index contributed by atoms with van der Waals surface area (Å²) in [6.07, 6.45) is 0. The van der Waals surface area contributed by atoms with E-state index < -0.39 is 0 Å². The first-order chi connectivity index (χ1) is 11.5. The number of rotatable bonds is 7. The highest BCUT2D eigenvalue weighted by Crippen LogP contribution is 2.24. The zero-order valence-electron chi connectivity index (χ0n) is 13.8. The van der Waals surface area contributed by atoms with Crippen LogP contribution in [0.2, 0.25) is 5.02 Å². The fraction of sp³-hybridized carbons (Fsp3) is 0.211. The maximum absolute atomic E-state index is 12.1. The number of ether oxygens (including phenoxy) is 2. The predicted molar refractivity (Wildman–Crippen MR) is 97.1 cm³/mol. The van der Waals surface area contributed by atoms with Gasteiger partial charge < -0.3 is 14.8 Å². The number of halogens is 1. The SMILES string of the molecule is C=C(C)COc1ccccc1NC(=O)COc1ccc(Cl)c(C)c1. The molecule has 0 unspecified atom stereocenters. The Balaban J connectivity index is 1.94. The maximum Gasteiger partial charge on any atom is 0.262 e. The molecule has 1 amide bonds. The number of benzene rings is 2. The normalized spacial score (nSPS) is 10.1. The molecule has 0 aliphatic carbocycles. The average molecular weight is 346 g/mol. The summed E-state index contributed by atoms with van der Waals surface area (Å²) in [5.41, 5.74) is 2.39. The Morgan fingerprint density at radius 3 is 2.62 bits per heavy atom. The molecule has 0 aliphatic rings. The van der Waals surface area contributed by atoms with E-state index in [0.717, 1.165) is 11.1 Å². The van der Waals surface area contributed by atoms with Gasteiger partial charge in [-0.3, -0.25) is 4.79 Å². The van der Waals surface area contributed by atoms with E-state index >= 15 is 0 Å². The summed E-state index contributed by atoms with van der Waals surface area (Å²) in [7, 11) is 0. The lowest BCUT2D eigenvalue weighted by atomic mass is 10.2. The van der Waals surface area contributed by atoms with Gasteiger partial charge in [-0.2, -0.15) is 0 Å². The summed E-state index contributed by atoms with van der Waals surface area (Å²) in [4.78, 5) is 12.1. The molecule has 2 rings (SSSR count). The van der Waals surface area contributed by atoms with E-state index in [4.69, 9.17) is 21.1 Å². The number of carbonyl (C=O) groups excluding carboxylic acids is 1. The molecule has 0 spiro atoms. The third-order valence-corrected chi connectivity index (χ3v) is 3.56. The fourth-order valence-corrected chi connectivity index (χ4v) is 2.06. The molecule has 0 saturated carbocycles. The number of carbonyl (C=O) groups is 1. The largest absolute Gasteiger partial charge is 0.487 e. The predicted octanol–water partition coefficient (Wildman–Crippen LogP) is 4.62. The zero-order valence-corrected chi connectivity index (χ0v) is 14.5. The van der Waals surface area contributed by atoms with Crippen LogP contribution in [0.25, 0.3) is 0 Å². The van der Waals surface area contributed by atoms with Crippen molar-refractivity contribution in [3.05, 3.63) is 65.2 Å². The molecule has 4 nitrogen and oxygen atoms in total. The molecule has 1 N–H and O–H groups in total. The number of hydrogen-bond acceptors (Lipinski definition) is 3. The van der Waals surface area contributed by atoms with Crippen molar-refractivity contribution in [2.75, 3.05) is 18.5 Å². The van der Waals surface area contributed by atoms with Crippen molar-refractivity contribution in [3.63, 3.8) is 0 Å². The standard InChI is InChI=1S/C19H20ClNO3/c1-13(2)11-24-18-7-5-4-6-17(18)21-19(22)12-23-15-8-9-16(20)14(3)10-15/h4-10H,1,11-12H2,2-3H3,(H,21,22). The number of aryl methyl sites for hydroxylation is 1. The van der Waals surface area contributed by atoms with Gasteiger partial charge in [0.15, 0.2) is 6.61 Å². The van der Waals surface area contributed by atoms with E-state index in [1.165, 1.54) is 0 Å². The van der Waals surface area contributed by atoms with Crippen LogP contribution in [0.5, 0.6) is 11.5 Å². The fourth-order valence-electron chi connectivity index (χ4n) is 1.94. The van der Waals surface area contributed by atoms with Gasteiger partial charge in [0.2, 0.25) is 0 Å². The molecule has 0 radical (unpaired) electrons.